The number of rotatable bonds is 8. The van der Waals surface area contributed by atoms with Crippen LogP contribution in [0.15, 0.2) is 67.0 Å². The van der Waals surface area contributed by atoms with Gasteiger partial charge in [0.1, 0.15) is 5.82 Å². The fourth-order valence-corrected chi connectivity index (χ4v) is 3.34. The fourth-order valence-electron chi connectivity index (χ4n) is 3.34. The molecule has 1 heterocycles. The van der Waals surface area contributed by atoms with Crippen LogP contribution in [-0.4, -0.2) is 15.5 Å². The van der Waals surface area contributed by atoms with Gasteiger partial charge >= 0.3 is 0 Å². The molecule has 1 aromatic heterocycles. The zero-order valence-corrected chi connectivity index (χ0v) is 16.1. The number of nitrogens with zero attached hydrogens (tertiary/aromatic N) is 2. The first-order valence-electron chi connectivity index (χ1n) is 9.55. The molecule has 0 unspecified atom stereocenters. The number of carbonyl (C=O) groups excluding carboxylic acids is 1. The molecule has 0 spiro atoms. The van der Waals surface area contributed by atoms with Crippen LogP contribution in [0.2, 0.25) is 0 Å². The van der Waals surface area contributed by atoms with Crippen molar-refractivity contribution in [1.82, 2.24) is 14.9 Å². The van der Waals surface area contributed by atoms with Crippen LogP contribution in [-0.2, 0) is 17.9 Å². The molecule has 3 rings (SSSR count). The number of hydrogen-bond acceptors (Lipinski definition) is 2. The van der Waals surface area contributed by atoms with Gasteiger partial charge in [-0.15, -0.1) is 0 Å². The Kier molecular flexibility index (Phi) is 6.42. The third-order valence-corrected chi connectivity index (χ3v) is 4.83. The van der Waals surface area contributed by atoms with Crippen molar-refractivity contribution in [1.29, 1.82) is 0 Å². The van der Waals surface area contributed by atoms with Gasteiger partial charge < -0.3 is 9.88 Å². The predicted octanol–water partition coefficient (Wildman–Crippen LogP) is 4.44. The molecule has 140 valence electrons. The fraction of sp³-hybridized carbons (Fsp3) is 0.304. The summed E-state index contributed by atoms with van der Waals surface area (Å²) in [5, 5.41) is 3.12. The summed E-state index contributed by atoms with van der Waals surface area (Å²) in [6, 6.07) is 18.4. The number of imidazole rings is 1. The third kappa shape index (κ3) is 5.07. The summed E-state index contributed by atoms with van der Waals surface area (Å²) in [7, 11) is 0. The molecule has 0 saturated heterocycles. The van der Waals surface area contributed by atoms with E-state index in [0.717, 1.165) is 36.3 Å². The van der Waals surface area contributed by atoms with Gasteiger partial charge in [0.25, 0.3) is 0 Å². The molecule has 0 aliphatic heterocycles. The van der Waals surface area contributed by atoms with Crippen LogP contribution >= 0.6 is 0 Å². The summed E-state index contributed by atoms with van der Waals surface area (Å²) in [5.41, 5.74) is 3.40. The molecule has 4 heteroatoms. The quantitative estimate of drug-likeness (QED) is 0.645. The van der Waals surface area contributed by atoms with Gasteiger partial charge in [-0.3, -0.25) is 4.79 Å². The highest BCUT2D eigenvalue weighted by Crippen LogP contribution is 2.21. The second kappa shape index (κ2) is 9.17. The van der Waals surface area contributed by atoms with Crippen LogP contribution in [0.4, 0.5) is 0 Å². The van der Waals surface area contributed by atoms with E-state index in [1.54, 1.807) is 0 Å². The first-order chi connectivity index (χ1) is 13.2. The van der Waals surface area contributed by atoms with Gasteiger partial charge in [-0.05, 0) is 30.0 Å². The summed E-state index contributed by atoms with van der Waals surface area (Å²) in [5.74, 6) is 1.01. The number of amides is 1. The maximum Gasteiger partial charge on any atom is 0.227 e. The van der Waals surface area contributed by atoms with Crippen LogP contribution in [0.5, 0.6) is 0 Å². The van der Waals surface area contributed by atoms with E-state index in [1.807, 2.05) is 55.7 Å². The number of benzene rings is 2. The van der Waals surface area contributed by atoms with Gasteiger partial charge in [0.05, 0.1) is 5.92 Å². The van der Waals surface area contributed by atoms with Crippen LogP contribution in [0.25, 0.3) is 0 Å². The molecular formula is C23H27N3O. The SMILES string of the molecule is CCC[C@H](C(=O)NCc1cccc(Cn2ccnc2C)c1)c1ccccc1. The van der Waals surface area contributed by atoms with Crippen molar-refractivity contribution in [3.63, 3.8) is 0 Å². The van der Waals surface area contributed by atoms with Gasteiger partial charge in [-0.1, -0.05) is 67.9 Å². The zero-order chi connectivity index (χ0) is 19.1. The highest BCUT2D eigenvalue weighted by atomic mass is 16.1. The largest absolute Gasteiger partial charge is 0.351 e. The lowest BCUT2D eigenvalue weighted by Crippen LogP contribution is -2.29. The molecule has 27 heavy (non-hydrogen) atoms. The molecule has 1 amide bonds. The van der Waals surface area contributed by atoms with Gasteiger partial charge in [-0.25, -0.2) is 4.98 Å². The molecule has 2 aromatic carbocycles. The number of nitrogens with one attached hydrogen (secondary N) is 1. The smallest absolute Gasteiger partial charge is 0.227 e. The van der Waals surface area contributed by atoms with Crippen molar-refractivity contribution >= 4 is 5.91 Å². The third-order valence-electron chi connectivity index (χ3n) is 4.83. The molecule has 0 fully saturated rings. The monoisotopic (exact) mass is 361 g/mol. The van der Waals surface area contributed by atoms with Crippen LogP contribution in [0.3, 0.4) is 0 Å². The standard InChI is InChI=1S/C23H27N3O/c1-3-8-22(21-11-5-4-6-12-21)23(27)25-16-19-9-7-10-20(15-19)17-26-14-13-24-18(26)2/h4-7,9-15,22H,3,8,16-17H2,1-2H3,(H,25,27)/t22-/m0/s1. The summed E-state index contributed by atoms with van der Waals surface area (Å²) in [6.45, 7) is 5.45. The minimum absolute atomic E-state index is 0.0898. The van der Waals surface area contributed by atoms with E-state index in [1.165, 1.54) is 5.56 Å². The Morgan fingerprint density at radius 2 is 1.89 bits per heavy atom. The van der Waals surface area contributed by atoms with Crippen molar-refractivity contribution in [2.75, 3.05) is 0 Å². The minimum atomic E-state index is -0.0898. The lowest BCUT2D eigenvalue weighted by Gasteiger charge is -2.17. The maximum atomic E-state index is 12.8. The van der Waals surface area contributed by atoms with Gasteiger partial charge in [0.2, 0.25) is 5.91 Å². The van der Waals surface area contributed by atoms with E-state index in [9.17, 15) is 4.79 Å². The Bertz CT molecular complexity index is 870. The zero-order valence-electron chi connectivity index (χ0n) is 16.1. The number of hydrogen-bond donors (Lipinski definition) is 1. The minimum Gasteiger partial charge on any atom is -0.351 e. The van der Waals surface area contributed by atoms with E-state index in [4.69, 9.17) is 0 Å². The van der Waals surface area contributed by atoms with Gasteiger partial charge in [0.15, 0.2) is 0 Å². The topological polar surface area (TPSA) is 46.9 Å². The van der Waals surface area contributed by atoms with Gasteiger partial charge in [-0.2, -0.15) is 0 Å². The number of aromatic nitrogens is 2. The molecule has 0 aliphatic carbocycles. The lowest BCUT2D eigenvalue weighted by molar-refractivity contribution is -0.122. The second-order valence-corrected chi connectivity index (χ2v) is 6.89. The van der Waals surface area contributed by atoms with Crippen LogP contribution in [0, 0.1) is 6.92 Å². The molecule has 3 aromatic rings. The van der Waals surface area contributed by atoms with E-state index in [0.29, 0.717) is 6.54 Å². The van der Waals surface area contributed by atoms with E-state index in [2.05, 4.69) is 40.0 Å². The summed E-state index contributed by atoms with van der Waals surface area (Å²) in [4.78, 5) is 17.0. The number of aryl methyl sites for hydroxylation is 1. The second-order valence-electron chi connectivity index (χ2n) is 6.89. The average Bonchev–Trinajstić information content (AvgIpc) is 3.10. The number of carbonyl (C=O) groups is 1. The van der Waals surface area contributed by atoms with Crippen molar-refractivity contribution < 1.29 is 4.79 Å². The Labute approximate surface area is 161 Å². The molecule has 0 radical (unpaired) electrons. The highest BCUT2D eigenvalue weighted by molar-refractivity contribution is 5.83. The summed E-state index contributed by atoms with van der Waals surface area (Å²) < 4.78 is 2.12. The first kappa shape index (κ1) is 18.9. The Balaban J connectivity index is 1.64. The first-order valence-corrected chi connectivity index (χ1v) is 9.55. The molecule has 0 bridgehead atoms. The normalized spacial score (nSPS) is 11.9. The lowest BCUT2D eigenvalue weighted by atomic mass is 9.93. The molecule has 4 nitrogen and oxygen atoms in total. The summed E-state index contributed by atoms with van der Waals surface area (Å²) in [6.07, 6.45) is 5.64. The maximum absolute atomic E-state index is 12.8. The van der Waals surface area contributed by atoms with Gasteiger partial charge in [0, 0.05) is 25.5 Å². The van der Waals surface area contributed by atoms with E-state index in [-0.39, 0.29) is 11.8 Å². The highest BCUT2D eigenvalue weighted by Gasteiger charge is 2.19. The Hall–Kier alpha value is -2.88. The Morgan fingerprint density at radius 1 is 1.11 bits per heavy atom. The molecule has 1 N–H and O–H groups in total. The van der Waals surface area contributed by atoms with Crippen molar-refractivity contribution in [2.45, 2.75) is 45.7 Å². The summed E-state index contributed by atoms with van der Waals surface area (Å²) >= 11 is 0. The molecule has 0 saturated carbocycles. The van der Waals surface area contributed by atoms with Crippen LogP contribution < -0.4 is 5.32 Å². The molecule has 1 atom stereocenters. The van der Waals surface area contributed by atoms with E-state index < -0.39 is 0 Å². The van der Waals surface area contributed by atoms with Crippen molar-refractivity contribution in [3.8, 4) is 0 Å². The van der Waals surface area contributed by atoms with Crippen LogP contribution in [0.1, 0.15) is 48.2 Å². The molecular weight excluding hydrogens is 334 g/mol. The molecule has 0 aliphatic rings. The average molecular weight is 361 g/mol. The Morgan fingerprint density at radius 3 is 2.59 bits per heavy atom. The van der Waals surface area contributed by atoms with E-state index >= 15 is 0 Å². The predicted molar refractivity (Wildman–Crippen MR) is 108 cm³/mol. The van der Waals surface area contributed by atoms with Crippen molar-refractivity contribution in [3.05, 3.63) is 89.5 Å². The van der Waals surface area contributed by atoms with Crippen molar-refractivity contribution in [2.24, 2.45) is 0 Å².